The summed E-state index contributed by atoms with van der Waals surface area (Å²) >= 11 is 0. The predicted molar refractivity (Wildman–Crippen MR) is 146 cm³/mol. The fourth-order valence-corrected chi connectivity index (χ4v) is 11.2. The highest BCUT2D eigenvalue weighted by molar-refractivity contribution is 5.66. The zero-order valence-corrected chi connectivity index (χ0v) is 25.0. The number of ether oxygens (including phenoxy) is 2. The molecule has 0 bridgehead atoms. The monoisotopic (exact) mass is 498 g/mol. The van der Waals surface area contributed by atoms with E-state index < -0.39 is 0 Å². The molecule has 4 aliphatic carbocycles. The van der Waals surface area contributed by atoms with Crippen molar-refractivity contribution in [1.82, 2.24) is 0 Å². The molecule has 0 aromatic heterocycles. The molecule has 0 amide bonds. The highest BCUT2D eigenvalue weighted by atomic mass is 16.5. The zero-order valence-electron chi connectivity index (χ0n) is 25.0. The van der Waals surface area contributed by atoms with Crippen molar-refractivity contribution in [2.45, 2.75) is 138 Å². The Labute approximate surface area is 221 Å². The molecule has 0 aromatic carbocycles. The Morgan fingerprint density at radius 3 is 2.08 bits per heavy atom. The lowest BCUT2D eigenvalue weighted by molar-refractivity contribution is -0.231. The van der Waals surface area contributed by atoms with Crippen LogP contribution in [-0.2, 0) is 14.3 Å². The Morgan fingerprint density at radius 2 is 1.47 bits per heavy atom. The summed E-state index contributed by atoms with van der Waals surface area (Å²) in [4.78, 5) is 11.9. The summed E-state index contributed by atoms with van der Waals surface area (Å²) in [6.45, 7) is 23.6. The largest absolute Gasteiger partial charge is 0.462 e. The van der Waals surface area contributed by atoms with E-state index in [-0.39, 0.29) is 28.7 Å². The van der Waals surface area contributed by atoms with Gasteiger partial charge < -0.3 is 9.47 Å². The van der Waals surface area contributed by atoms with E-state index in [1.54, 1.807) is 6.92 Å². The number of rotatable bonds is 3. The van der Waals surface area contributed by atoms with E-state index in [0.29, 0.717) is 34.0 Å². The predicted octanol–water partition coefficient (Wildman–Crippen LogP) is 8.36. The standard InChI is InChI=1S/C33H54O3/c1-21(2)32(9)19-20-33(10,36-32)24-13-17-30(7)23(24)11-12-26-29(6)16-15-27(35-22(3)34)28(4,5)25(29)14-18-31(26,30)8/h19-21,23-27H,11-18H2,1-10H3/t23-,24+,25+,26-,27+,29+,30-,31-,32+,33-/m1/s1. The molecule has 0 spiro atoms. The van der Waals surface area contributed by atoms with Gasteiger partial charge in [-0.15, -0.1) is 0 Å². The molecule has 5 aliphatic rings. The van der Waals surface area contributed by atoms with E-state index in [0.717, 1.165) is 18.3 Å². The molecule has 1 aliphatic heterocycles. The fourth-order valence-electron chi connectivity index (χ4n) is 11.2. The summed E-state index contributed by atoms with van der Waals surface area (Å²) in [6, 6.07) is 0. The third-order valence-corrected chi connectivity index (χ3v) is 13.7. The molecule has 4 fully saturated rings. The molecule has 10 atom stereocenters. The van der Waals surface area contributed by atoms with Crippen LogP contribution in [0.4, 0.5) is 0 Å². The minimum atomic E-state index is -0.146. The van der Waals surface area contributed by atoms with Gasteiger partial charge in [-0.05, 0) is 111 Å². The lowest BCUT2D eigenvalue weighted by Crippen LogP contribution is -2.64. The lowest BCUT2D eigenvalue weighted by atomic mass is 9.35. The maximum Gasteiger partial charge on any atom is 0.302 e. The molecule has 3 heteroatoms. The summed E-state index contributed by atoms with van der Waals surface area (Å²) in [5.74, 6) is 3.07. The zero-order chi connectivity index (χ0) is 26.5. The molecule has 36 heavy (non-hydrogen) atoms. The van der Waals surface area contributed by atoms with Gasteiger partial charge >= 0.3 is 5.97 Å². The number of fused-ring (bicyclic) bond motifs is 5. The van der Waals surface area contributed by atoms with Gasteiger partial charge in [-0.3, -0.25) is 4.79 Å². The van der Waals surface area contributed by atoms with Gasteiger partial charge in [-0.2, -0.15) is 0 Å². The van der Waals surface area contributed by atoms with Gasteiger partial charge in [-0.1, -0.05) is 60.6 Å². The number of esters is 1. The Hall–Kier alpha value is -0.830. The van der Waals surface area contributed by atoms with Crippen molar-refractivity contribution in [3.63, 3.8) is 0 Å². The number of hydrogen-bond donors (Lipinski definition) is 0. The van der Waals surface area contributed by atoms with Crippen molar-refractivity contribution in [2.24, 2.45) is 51.2 Å². The molecule has 0 N–H and O–H groups in total. The average Bonchev–Trinajstić information content (AvgIpc) is 3.29. The van der Waals surface area contributed by atoms with E-state index in [2.05, 4.69) is 74.5 Å². The van der Waals surface area contributed by atoms with Crippen molar-refractivity contribution in [2.75, 3.05) is 0 Å². The average molecular weight is 499 g/mol. The van der Waals surface area contributed by atoms with Gasteiger partial charge in [0.15, 0.2) is 0 Å². The summed E-state index contributed by atoms with van der Waals surface area (Å²) in [5.41, 5.74) is 0.793. The third kappa shape index (κ3) is 3.42. The molecule has 5 rings (SSSR count). The first-order valence-corrected chi connectivity index (χ1v) is 15.1. The first-order valence-electron chi connectivity index (χ1n) is 15.1. The molecule has 0 unspecified atom stereocenters. The van der Waals surface area contributed by atoms with Crippen molar-refractivity contribution < 1.29 is 14.3 Å². The maximum absolute atomic E-state index is 11.9. The van der Waals surface area contributed by atoms with Gasteiger partial charge in [0.25, 0.3) is 0 Å². The first-order chi connectivity index (χ1) is 16.5. The van der Waals surface area contributed by atoms with E-state index in [4.69, 9.17) is 9.47 Å². The minimum absolute atomic E-state index is 0.0349. The van der Waals surface area contributed by atoms with E-state index in [1.165, 1.54) is 44.9 Å². The number of carbonyl (C=O) groups is 1. The number of carbonyl (C=O) groups excluding carboxylic acids is 1. The second-order valence-corrected chi connectivity index (χ2v) is 15.7. The highest BCUT2D eigenvalue weighted by Gasteiger charge is 2.70. The van der Waals surface area contributed by atoms with Crippen LogP contribution in [-0.4, -0.2) is 23.3 Å². The molecule has 0 radical (unpaired) electrons. The molecular weight excluding hydrogens is 444 g/mol. The van der Waals surface area contributed by atoms with Crippen LogP contribution in [0.25, 0.3) is 0 Å². The third-order valence-electron chi connectivity index (χ3n) is 13.7. The Morgan fingerprint density at radius 1 is 0.806 bits per heavy atom. The minimum Gasteiger partial charge on any atom is -0.462 e. The van der Waals surface area contributed by atoms with Crippen LogP contribution in [0.15, 0.2) is 12.2 Å². The van der Waals surface area contributed by atoms with Gasteiger partial charge in [0.1, 0.15) is 6.10 Å². The number of hydrogen-bond acceptors (Lipinski definition) is 3. The molecule has 0 aromatic rings. The summed E-state index contributed by atoms with van der Waals surface area (Å²) in [5, 5.41) is 0. The molecule has 3 nitrogen and oxygen atoms in total. The van der Waals surface area contributed by atoms with Crippen LogP contribution >= 0.6 is 0 Å². The molecular formula is C33H54O3. The quantitative estimate of drug-likeness (QED) is 0.290. The van der Waals surface area contributed by atoms with Gasteiger partial charge in [0.2, 0.25) is 0 Å². The van der Waals surface area contributed by atoms with Crippen molar-refractivity contribution >= 4 is 5.97 Å². The van der Waals surface area contributed by atoms with Crippen LogP contribution in [0.2, 0.25) is 0 Å². The van der Waals surface area contributed by atoms with E-state index in [1.807, 2.05) is 0 Å². The maximum atomic E-state index is 11.9. The highest BCUT2D eigenvalue weighted by Crippen LogP contribution is 2.76. The normalized spacial score (nSPS) is 53.6. The second-order valence-electron chi connectivity index (χ2n) is 15.7. The molecule has 4 saturated carbocycles. The van der Waals surface area contributed by atoms with Gasteiger partial charge in [0, 0.05) is 12.3 Å². The topological polar surface area (TPSA) is 35.5 Å². The second kappa shape index (κ2) is 8.09. The van der Waals surface area contributed by atoms with Crippen molar-refractivity contribution in [3.05, 3.63) is 12.2 Å². The summed E-state index contributed by atoms with van der Waals surface area (Å²) < 4.78 is 12.9. The van der Waals surface area contributed by atoms with Crippen molar-refractivity contribution in [3.8, 4) is 0 Å². The van der Waals surface area contributed by atoms with Gasteiger partial charge in [0.05, 0.1) is 11.2 Å². The van der Waals surface area contributed by atoms with Crippen molar-refractivity contribution in [1.29, 1.82) is 0 Å². The van der Waals surface area contributed by atoms with E-state index >= 15 is 0 Å². The van der Waals surface area contributed by atoms with Gasteiger partial charge in [-0.25, -0.2) is 0 Å². The fraction of sp³-hybridized carbons (Fsp3) is 0.909. The Balaban J connectivity index is 1.43. The van der Waals surface area contributed by atoms with Crippen LogP contribution in [0, 0.1) is 51.2 Å². The molecule has 0 saturated heterocycles. The molecule has 1 heterocycles. The van der Waals surface area contributed by atoms with Crippen LogP contribution < -0.4 is 0 Å². The molecule has 204 valence electrons. The lowest BCUT2D eigenvalue weighted by Gasteiger charge is -2.70. The van der Waals surface area contributed by atoms with Crippen LogP contribution in [0.1, 0.15) is 121 Å². The Kier molecular flexibility index (Phi) is 6.01. The summed E-state index contributed by atoms with van der Waals surface area (Å²) in [6.07, 6.45) is 15.0. The Bertz CT molecular complexity index is 935. The smallest absolute Gasteiger partial charge is 0.302 e. The van der Waals surface area contributed by atoms with Crippen LogP contribution in [0.3, 0.4) is 0 Å². The first kappa shape index (κ1) is 26.8. The SMILES string of the molecule is CC(=O)O[C@H]1CC[C@]2(C)[C@H]3CC[C@@H]4[C@@H]([C@@]5(C)C=C[C@@](C)(C(C)C)O5)CC[C@@]4(C)[C@]3(C)CC[C@H]2C1(C)C. The van der Waals surface area contributed by atoms with E-state index in [9.17, 15) is 4.79 Å². The van der Waals surface area contributed by atoms with Crippen LogP contribution in [0.5, 0.6) is 0 Å². The summed E-state index contributed by atoms with van der Waals surface area (Å²) in [7, 11) is 0.